The molecule has 1 heterocycles. The number of hydrogen-bond acceptors (Lipinski definition) is 3. The molecule has 0 spiro atoms. The number of fused-ring (bicyclic) bond motifs is 8. The minimum atomic E-state index is 0.648. The highest BCUT2D eigenvalue weighted by Gasteiger charge is 2.15. The first kappa shape index (κ1) is 28.3. The van der Waals surface area contributed by atoms with E-state index in [1.54, 1.807) is 0 Å². The first-order chi connectivity index (χ1) is 24.8. The molecule has 0 fully saturated rings. The maximum atomic E-state index is 5.04. The Kier molecular flexibility index (Phi) is 6.49. The Balaban J connectivity index is 1.14. The lowest BCUT2D eigenvalue weighted by molar-refractivity contribution is 1.07. The van der Waals surface area contributed by atoms with E-state index in [2.05, 4.69) is 146 Å². The van der Waals surface area contributed by atoms with Gasteiger partial charge in [-0.2, -0.15) is 0 Å². The van der Waals surface area contributed by atoms with Crippen molar-refractivity contribution in [1.82, 2.24) is 15.0 Å². The SMILES string of the molecule is c1ccc(-c2nc(-c3ccc(-c4cc5c(ccc6ccc7ccccc7c65)c5ccccc45)cc3)nc(-c3ccc4ccccc4c3)n2)cc1. The maximum absolute atomic E-state index is 5.04. The molecule has 0 radical (unpaired) electrons. The van der Waals surface area contributed by atoms with E-state index >= 15 is 0 Å². The van der Waals surface area contributed by atoms with Crippen LogP contribution in [0.25, 0.3) is 99.2 Å². The second-order valence-corrected chi connectivity index (χ2v) is 12.8. The molecule has 0 aliphatic heterocycles. The number of rotatable bonds is 4. The molecule has 3 heteroatoms. The molecule has 0 bridgehead atoms. The van der Waals surface area contributed by atoms with Crippen LogP contribution in [0.4, 0.5) is 0 Å². The van der Waals surface area contributed by atoms with Crippen molar-refractivity contribution in [2.75, 3.05) is 0 Å². The molecule has 0 aliphatic carbocycles. The van der Waals surface area contributed by atoms with Gasteiger partial charge in [-0.05, 0) is 77.1 Å². The highest BCUT2D eigenvalue weighted by molar-refractivity contribution is 6.26. The Morgan fingerprint density at radius 1 is 0.260 bits per heavy atom. The van der Waals surface area contributed by atoms with E-state index in [0.717, 1.165) is 27.6 Å². The molecule has 232 valence electrons. The molecule has 0 amide bonds. The topological polar surface area (TPSA) is 38.7 Å². The summed E-state index contributed by atoms with van der Waals surface area (Å²) >= 11 is 0. The van der Waals surface area contributed by atoms with Gasteiger partial charge in [0.1, 0.15) is 0 Å². The molecular weight excluding hydrogens is 607 g/mol. The molecule has 3 nitrogen and oxygen atoms in total. The first-order valence-corrected chi connectivity index (χ1v) is 16.9. The van der Waals surface area contributed by atoms with E-state index in [4.69, 9.17) is 15.0 Å². The predicted octanol–water partition coefficient (Wildman–Crippen LogP) is 12.3. The van der Waals surface area contributed by atoms with E-state index in [0.29, 0.717) is 17.5 Å². The van der Waals surface area contributed by atoms with Crippen LogP contribution >= 0.6 is 0 Å². The molecule has 0 saturated carbocycles. The van der Waals surface area contributed by atoms with Crippen LogP contribution in [0.15, 0.2) is 176 Å². The Morgan fingerprint density at radius 2 is 0.760 bits per heavy atom. The highest BCUT2D eigenvalue weighted by atomic mass is 15.0. The van der Waals surface area contributed by atoms with Crippen molar-refractivity contribution >= 4 is 53.9 Å². The summed E-state index contributed by atoms with van der Waals surface area (Å²) in [6.45, 7) is 0. The normalized spacial score (nSPS) is 11.6. The Morgan fingerprint density at radius 3 is 1.54 bits per heavy atom. The van der Waals surface area contributed by atoms with E-state index in [1.165, 1.54) is 54.0 Å². The fourth-order valence-electron chi connectivity index (χ4n) is 7.40. The third-order valence-electron chi connectivity index (χ3n) is 9.88. The lowest BCUT2D eigenvalue weighted by Gasteiger charge is -2.15. The Bertz CT molecular complexity index is 2910. The zero-order valence-corrected chi connectivity index (χ0v) is 27.1. The molecule has 1 aromatic heterocycles. The van der Waals surface area contributed by atoms with E-state index in [9.17, 15) is 0 Å². The van der Waals surface area contributed by atoms with Crippen LogP contribution in [0.1, 0.15) is 0 Å². The van der Waals surface area contributed by atoms with Crippen LogP contribution in [-0.4, -0.2) is 15.0 Å². The highest BCUT2D eigenvalue weighted by Crippen LogP contribution is 2.40. The smallest absolute Gasteiger partial charge is 0.164 e. The van der Waals surface area contributed by atoms with Gasteiger partial charge in [0, 0.05) is 16.7 Å². The second kappa shape index (κ2) is 11.5. The van der Waals surface area contributed by atoms with Crippen molar-refractivity contribution in [3.8, 4) is 45.3 Å². The lowest BCUT2D eigenvalue weighted by Crippen LogP contribution is -2.00. The van der Waals surface area contributed by atoms with Gasteiger partial charge in [-0.1, -0.05) is 164 Å². The summed E-state index contributed by atoms with van der Waals surface area (Å²) < 4.78 is 0. The molecule has 10 rings (SSSR count). The second-order valence-electron chi connectivity index (χ2n) is 12.8. The average Bonchev–Trinajstić information content (AvgIpc) is 3.20. The zero-order valence-electron chi connectivity index (χ0n) is 27.1. The van der Waals surface area contributed by atoms with Gasteiger partial charge in [0.2, 0.25) is 0 Å². The van der Waals surface area contributed by atoms with Crippen LogP contribution in [0, 0.1) is 0 Å². The van der Waals surface area contributed by atoms with Gasteiger partial charge >= 0.3 is 0 Å². The van der Waals surface area contributed by atoms with Crippen LogP contribution in [-0.2, 0) is 0 Å². The van der Waals surface area contributed by atoms with Crippen LogP contribution in [0.3, 0.4) is 0 Å². The standard InChI is InChI=1S/C47H29N3/c1-2-12-34(13-3-1)45-48-46(50-47(49-45)37-25-18-30-10-4-5-14-36(30)28-37)35-23-20-32(21-24-35)42-29-43-41(39-16-8-9-17-40(39)42)27-26-33-22-19-31-11-6-7-15-38(31)44(33)43/h1-29H. The minimum Gasteiger partial charge on any atom is -0.208 e. The maximum Gasteiger partial charge on any atom is 0.164 e. The third-order valence-corrected chi connectivity index (χ3v) is 9.88. The number of benzene rings is 9. The molecule has 0 unspecified atom stereocenters. The average molecular weight is 636 g/mol. The number of aromatic nitrogens is 3. The summed E-state index contributed by atoms with van der Waals surface area (Å²) in [5.41, 5.74) is 5.21. The summed E-state index contributed by atoms with van der Waals surface area (Å²) in [5, 5.41) is 12.4. The first-order valence-electron chi connectivity index (χ1n) is 16.9. The monoisotopic (exact) mass is 635 g/mol. The van der Waals surface area contributed by atoms with Crippen molar-refractivity contribution in [3.63, 3.8) is 0 Å². The Labute approximate surface area is 289 Å². The van der Waals surface area contributed by atoms with E-state index in [1.807, 2.05) is 30.3 Å². The zero-order chi connectivity index (χ0) is 33.0. The fourth-order valence-corrected chi connectivity index (χ4v) is 7.40. The van der Waals surface area contributed by atoms with E-state index in [-0.39, 0.29) is 0 Å². The van der Waals surface area contributed by atoms with E-state index < -0.39 is 0 Å². The molecular formula is C47H29N3. The van der Waals surface area contributed by atoms with Gasteiger partial charge in [0.15, 0.2) is 17.5 Å². The lowest BCUT2D eigenvalue weighted by atomic mass is 9.89. The molecule has 10 aromatic rings. The van der Waals surface area contributed by atoms with Crippen LogP contribution in [0.5, 0.6) is 0 Å². The summed E-state index contributed by atoms with van der Waals surface area (Å²) in [4.78, 5) is 15.0. The van der Waals surface area contributed by atoms with Crippen molar-refractivity contribution in [2.45, 2.75) is 0 Å². The van der Waals surface area contributed by atoms with Crippen LogP contribution in [0.2, 0.25) is 0 Å². The summed E-state index contributed by atoms with van der Waals surface area (Å²) in [6.07, 6.45) is 0. The van der Waals surface area contributed by atoms with Crippen molar-refractivity contribution in [3.05, 3.63) is 176 Å². The van der Waals surface area contributed by atoms with Gasteiger partial charge in [0.05, 0.1) is 0 Å². The Hall–Kier alpha value is -6.71. The molecule has 0 aliphatic rings. The van der Waals surface area contributed by atoms with Gasteiger partial charge < -0.3 is 0 Å². The van der Waals surface area contributed by atoms with Crippen molar-refractivity contribution < 1.29 is 0 Å². The van der Waals surface area contributed by atoms with Crippen LogP contribution < -0.4 is 0 Å². The third kappa shape index (κ3) is 4.71. The van der Waals surface area contributed by atoms with Gasteiger partial charge in [-0.15, -0.1) is 0 Å². The summed E-state index contributed by atoms with van der Waals surface area (Å²) in [5.74, 6) is 1.96. The molecule has 0 atom stereocenters. The number of nitrogens with zero attached hydrogens (tertiary/aromatic N) is 3. The fraction of sp³-hybridized carbons (Fsp3) is 0. The van der Waals surface area contributed by atoms with Gasteiger partial charge in [-0.25, -0.2) is 15.0 Å². The summed E-state index contributed by atoms with van der Waals surface area (Å²) in [6, 6.07) is 62.4. The van der Waals surface area contributed by atoms with Crippen molar-refractivity contribution in [2.24, 2.45) is 0 Å². The molecule has 9 aromatic carbocycles. The molecule has 0 saturated heterocycles. The summed E-state index contributed by atoms with van der Waals surface area (Å²) in [7, 11) is 0. The molecule has 50 heavy (non-hydrogen) atoms. The quantitative estimate of drug-likeness (QED) is 0.181. The predicted molar refractivity (Wildman–Crippen MR) is 209 cm³/mol. The van der Waals surface area contributed by atoms with Gasteiger partial charge in [0.25, 0.3) is 0 Å². The van der Waals surface area contributed by atoms with Crippen molar-refractivity contribution in [1.29, 1.82) is 0 Å². The minimum absolute atomic E-state index is 0.648. The molecule has 0 N–H and O–H groups in total. The van der Waals surface area contributed by atoms with Gasteiger partial charge in [-0.3, -0.25) is 0 Å². The number of hydrogen-bond donors (Lipinski definition) is 0. The largest absolute Gasteiger partial charge is 0.208 e.